The van der Waals surface area contributed by atoms with E-state index in [1.165, 1.54) is 28.3 Å². The molecule has 7 nitrogen and oxygen atoms in total. The first kappa shape index (κ1) is 21.6. The van der Waals surface area contributed by atoms with Crippen molar-refractivity contribution < 1.29 is 28.5 Å². The molecule has 4 rings (SSSR count). The van der Waals surface area contributed by atoms with Crippen molar-refractivity contribution in [2.75, 3.05) is 27.9 Å². The zero-order valence-electron chi connectivity index (χ0n) is 17.4. The number of ether oxygens (including phenoxy) is 5. The Labute approximate surface area is 189 Å². The molecule has 164 valence electrons. The highest BCUT2D eigenvalue weighted by atomic mass is 35.5. The summed E-state index contributed by atoms with van der Waals surface area (Å²) in [5.41, 5.74) is 2.53. The third-order valence-corrected chi connectivity index (χ3v) is 5.91. The van der Waals surface area contributed by atoms with E-state index in [-0.39, 0.29) is 6.61 Å². The maximum Gasteiger partial charge on any atom is 0.305 e. The Morgan fingerprint density at radius 2 is 1.71 bits per heavy atom. The monoisotopic (exact) mass is 465 g/mol. The molecule has 0 amide bonds. The molecular formula is C22H21Cl2NO6. The van der Waals surface area contributed by atoms with Crippen LogP contribution in [0, 0.1) is 0 Å². The number of hydrogen-bond donors (Lipinski definition) is 1. The standard InChI is InChI=1S/C22H21Cl2NO6/c1-11(26)31-22(12-9-16(27-2)20(29-4)17(10-12)28-3)21-13(7-8-30-22)18-14(23)5-6-15(24)19(18)25-21/h5-6,9-10,25H,7-8H2,1-4H3. The van der Waals surface area contributed by atoms with Gasteiger partial charge in [-0.2, -0.15) is 0 Å². The maximum absolute atomic E-state index is 12.2. The quantitative estimate of drug-likeness (QED) is 0.543. The van der Waals surface area contributed by atoms with E-state index < -0.39 is 11.8 Å². The summed E-state index contributed by atoms with van der Waals surface area (Å²) in [5.74, 6) is -0.918. The third-order valence-electron chi connectivity index (χ3n) is 5.28. The number of aromatic nitrogens is 1. The summed E-state index contributed by atoms with van der Waals surface area (Å²) in [5, 5.41) is 1.81. The third kappa shape index (κ3) is 3.37. The highest BCUT2D eigenvalue weighted by Crippen LogP contribution is 2.49. The normalized spacial score (nSPS) is 17.9. The highest BCUT2D eigenvalue weighted by Gasteiger charge is 2.47. The van der Waals surface area contributed by atoms with E-state index >= 15 is 0 Å². The zero-order valence-corrected chi connectivity index (χ0v) is 18.9. The van der Waals surface area contributed by atoms with E-state index in [9.17, 15) is 4.79 Å². The fourth-order valence-corrected chi connectivity index (χ4v) is 4.51. The molecule has 1 atom stereocenters. The van der Waals surface area contributed by atoms with Gasteiger partial charge in [0.2, 0.25) is 5.75 Å². The minimum absolute atomic E-state index is 0.284. The van der Waals surface area contributed by atoms with E-state index in [1.54, 1.807) is 24.3 Å². The fourth-order valence-electron chi connectivity index (χ4n) is 4.04. The molecular weight excluding hydrogens is 445 g/mol. The summed E-state index contributed by atoms with van der Waals surface area (Å²) in [7, 11) is 4.53. The number of hydrogen-bond acceptors (Lipinski definition) is 6. The first-order valence-corrected chi connectivity index (χ1v) is 10.2. The number of aromatic amines is 1. The Morgan fingerprint density at radius 3 is 2.29 bits per heavy atom. The number of esters is 1. The van der Waals surface area contributed by atoms with Crippen LogP contribution < -0.4 is 14.2 Å². The zero-order chi connectivity index (χ0) is 22.3. The number of benzene rings is 2. The Morgan fingerprint density at radius 1 is 1.06 bits per heavy atom. The second kappa shape index (κ2) is 8.15. The molecule has 0 aliphatic carbocycles. The summed E-state index contributed by atoms with van der Waals surface area (Å²) in [6, 6.07) is 6.83. The molecule has 1 aromatic heterocycles. The lowest BCUT2D eigenvalue weighted by molar-refractivity contribution is -0.222. The van der Waals surface area contributed by atoms with Crippen molar-refractivity contribution >= 4 is 40.1 Å². The van der Waals surface area contributed by atoms with Crippen LogP contribution in [-0.4, -0.2) is 38.9 Å². The van der Waals surface area contributed by atoms with Crippen LogP contribution in [0.25, 0.3) is 10.9 Å². The van der Waals surface area contributed by atoms with E-state index in [1.807, 2.05) is 0 Å². The number of methoxy groups -OCH3 is 3. The number of carbonyl (C=O) groups is 1. The molecule has 2 heterocycles. The number of H-pyrrole nitrogens is 1. The SMILES string of the molecule is COc1cc(C2(OC(C)=O)OCCc3c2[nH]c2c(Cl)ccc(Cl)c32)cc(OC)c1OC. The van der Waals surface area contributed by atoms with Gasteiger partial charge in [0.15, 0.2) is 11.5 Å². The van der Waals surface area contributed by atoms with Gasteiger partial charge in [-0.25, -0.2) is 0 Å². The van der Waals surface area contributed by atoms with Crippen molar-refractivity contribution in [3.05, 3.63) is 51.1 Å². The average Bonchev–Trinajstić information content (AvgIpc) is 3.17. The van der Waals surface area contributed by atoms with Crippen LogP contribution in [0.2, 0.25) is 10.0 Å². The van der Waals surface area contributed by atoms with Gasteiger partial charge in [0.1, 0.15) is 0 Å². The molecule has 0 bridgehead atoms. The molecule has 1 N–H and O–H groups in total. The first-order chi connectivity index (χ1) is 14.9. The van der Waals surface area contributed by atoms with Gasteiger partial charge in [0.25, 0.3) is 5.79 Å². The minimum Gasteiger partial charge on any atom is -0.493 e. The van der Waals surface area contributed by atoms with Crippen molar-refractivity contribution in [2.24, 2.45) is 0 Å². The molecule has 1 aliphatic rings. The molecule has 2 aromatic carbocycles. The van der Waals surface area contributed by atoms with Crippen LogP contribution >= 0.6 is 23.2 Å². The van der Waals surface area contributed by atoms with Crippen molar-refractivity contribution in [1.29, 1.82) is 0 Å². The first-order valence-electron chi connectivity index (χ1n) is 9.49. The van der Waals surface area contributed by atoms with Gasteiger partial charge in [0.05, 0.1) is 49.2 Å². The van der Waals surface area contributed by atoms with Gasteiger partial charge in [-0.15, -0.1) is 0 Å². The molecule has 3 aromatic rings. The summed E-state index contributed by atoms with van der Waals surface area (Å²) in [4.78, 5) is 15.5. The average molecular weight is 466 g/mol. The lowest BCUT2D eigenvalue weighted by Gasteiger charge is -2.37. The number of carbonyl (C=O) groups excluding carboxylic acids is 1. The number of nitrogens with one attached hydrogen (secondary N) is 1. The van der Waals surface area contributed by atoms with Gasteiger partial charge < -0.3 is 28.7 Å². The number of fused-ring (bicyclic) bond motifs is 3. The van der Waals surface area contributed by atoms with E-state index in [0.29, 0.717) is 50.5 Å². The van der Waals surface area contributed by atoms with E-state index in [4.69, 9.17) is 46.9 Å². The topological polar surface area (TPSA) is 79.0 Å². The Kier molecular flexibility index (Phi) is 5.68. The molecule has 0 fully saturated rings. The van der Waals surface area contributed by atoms with Crippen LogP contribution in [-0.2, 0) is 26.5 Å². The number of rotatable bonds is 5. The molecule has 0 radical (unpaired) electrons. The second-order valence-electron chi connectivity index (χ2n) is 6.98. The molecule has 31 heavy (non-hydrogen) atoms. The largest absolute Gasteiger partial charge is 0.493 e. The van der Waals surface area contributed by atoms with Gasteiger partial charge >= 0.3 is 5.97 Å². The lowest BCUT2D eigenvalue weighted by atomic mass is 9.93. The van der Waals surface area contributed by atoms with E-state index in [0.717, 1.165) is 10.9 Å². The summed E-state index contributed by atoms with van der Waals surface area (Å²) >= 11 is 12.9. The van der Waals surface area contributed by atoms with Crippen LogP contribution in [0.4, 0.5) is 0 Å². The molecule has 9 heteroatoms. The second-order valence-corrected chi connectivity index (χ2v) is 7.79. The highest BCUT2D eigenvalue weighted by molar-refractivity contribution is 6.40. The summed E-state index contributed by atoms with van der Waals surface area (Å²) in [6.07, 6.45) is 0.558. The van der Waals surface area contributed by atoms with Gasteiger partial charge in [-0.3, -0.25) is 4.79 Å². The lowest BCUT2D eigenvalue weighted by Crippen LogP contribution is -2.41. The van der Waals surface area contributed by atoms with Crippen molar-refractivity contribution in [3.8, 4) is 17.2 Å². The molecule has 1 aliphatic heterocycles. The molecule has 0 saturated heterocycles. The molecule has 0 spiro atoms. The minimum atomic E-state index is -1.59. The summed E-state index contributed by atoms with van der Waals surface area (Å²) < 4.78 is 28.4. The predicted molar refractivity (Wildman–Crippen MR) is 117 cm³/mol. The Hall–Kier alpha value is -2.61. The summed E-state index contributed by atoms with van der Waals surface area (Å²) in [6.45, 7) is 1.60. The van der Waals surface area contributed by atoms with E-state index in [2.05, 4.69) is 4.98 Å². The Bertz CT molecular complexity index is 1150. The predicted octanol–water partition coefficient (Wildman–Crippen LogP) is 4.84. The van der Waals surface area contributed by atoms with Crippen LogP contribution in [0.15, 0.2) is 24.3 Å². The molecule has 0 saturated carbocycles. The molecule has 1 unspecified atom stereocenters. The van der Waals surface area contributed by atoms with Gasteiger partial charge in [-0.05, 0) is 36.2 Å². The fraction of sp³-hybridized carbons (Fsp3) is 0.318. The van der Waals surface area contributed by atoms with Crippen LogP contribution in [0.3, 0.4) is 0 Å². The van der Waals surface area contributed by atoms with Crippen LogP contribution in [0.5, 0.6) is 17.2 Å². The van der Waals surface area contributed by atoms with Crippen LogP contribution in [0.1, 0.15) is 23.7 Å². The van der Waals surface area contributed by atoms with Crippen molar-refractivity contribution in [3.63, 3.8) is 0 Å². The van der Waals surface area contributed by atoms with Crippen molar-refractivity contribution in [1.82, 2.24) is 4.98 Å². The maximum atomic E-state index is 12.2. The van der Waals surface area contributed by atoms with Gasteiger partial charge in [-0.1, -0.05) is 23.2 Å². The number of halogens is 2. The van der Waals surface area contributed by atoms with Crippen molar-refractivity contribution in [2.45, 2.75) is 19.1 Å². The Balaban J connectivity index is 2.06. The smallest absolute Gasteiger partial charge is 0.305 e. The van der Waals surface area contributed by atoms with Gasteiger partial charge in [0, 0.05) is 17.9 Å².